The summed E-state index contributed by atoms with van der Waals surface area (Å²) in [6.07, 6.45) is 1.09. The third-order valence-corrected chi connectivity index (χ3v) is 5.77. The average molecular weight is 397 g/mol. The Morgan fingerprint density at radius 1 is 1.21 bits per heavy atom. The van der Waals surface area contributed by atoms with Crippen molar-refractivity contribution in [3.63, 3.8) is 0 Å². The molecule has 0 fully saturated rings. The third kappa shape index (κ3) is 3.47. The molecule has 1 aliphatic heterocycles. The highest BCUT2D eigenvalue weighted by atomic mass is 32.2. The van der Waals surface area contributed by atoms with Crippen molar-refractivity contribution in [3.05, 3.63) is 71.3 Å². The fourth-order valence-electron chi connectivity index (χ4n) is 3.48. The van der Waals surface area contributed by atoms with Crippen LogP contribution in [-0.2, 0) is 17.6 Å². The molecule has 0 spiro atoms. The maximum Gasteiger partial charge on any atom is 0.237 e. The van der Waals surface area contributed by atoms with Gasteiger partial charge in [-0.1, -0.05) is 48.2 Å². The van der Waals surface area contributed by atoms with Crippen LogP contribution in [0.2, 0.25) is 0 Å². The van der Waals surface area contributed by atoms with Gasteiger partial charge in [0.2, 0.25) is 11.1 Å². The van der Waals surface area contributed by atoms with E-state index in [0.717, 1.165) is 12.1 Å². The van der Waals surface area contributed by atoms with Crippen molar-refractivity contribution in [1.82, 2.24) is 14.9 Å². The summed E-state index contributed by atoms with van der Waals surface area (Å²) in [4.78, 5) is 14.6. The zero-order valence-electron chi connectivity index (χ0n) is 15.4. The molecule has 2 heterocycles. The van der Waals surface area contributed by atoms with E-state index in [1.165, 1.54) is 28.1 Å². The number of nitrogens with two attached hydrogens (primary N) is 1. The van der Waals surface area contributed by atoms with Crippen molar-refractivity contribution < 1.29 is 9.18 Å². The average Bonchev–Trinajstić information content (AvgIpc) is 3.21. The van der Waals surface area contributed by atoms with Gasteiger partial charge in [-0.05, 0) is 36.6 Å². The molecule has 28 heavy (non-hydrogen) atoms. The number of nitrogen functional groups attached to an aromatic ring is 1. The van der Waals surface area contributed by atoms with Gasteiger partial charge in [0.25, 0.3) is 0 Å². The molecule has 0 saturated heterocycles. The van der Waals surface area contributed by atoms with E-state index in [0.29, 0.717) is 16.5 Å². The Morgan fingerprint density at radius 3 is 2.79 bits per heavy atom. The van der Waals surface area contributed by atoms with Gasteiger partial charge in [-0.25, -0.2) is 9.07 Å². The third-order valence-electron chi connectivity index (χ3n) is 4.84. The molecule has 144 valence electrons. The zero-order valence-corrected chi connectivity index (χ0v) is 16.2. The van der Waals surface area contributed by atoms with Gasteiger partial charge in [-0.15, -0.1) is 10.2 Å². The molecular weight excluding hydrogens is 377 g/mol. The summed E-state index contributed by atoms with van der Waals surface area (Å²) in [6, 6.07) is 14.6. The second kappa shape index (κ2) is 7.63. The van der Waals surface area contributed by atoms with Crippen LogP contribution >= 0.6 is 11.8 Å². The highest BCUT2D eigenvalue weighted by Gasteiger charge is 2.30. The molecule has 1 aliphatic rings. The van der Waals surface area contributed by atoms with Crippen LogP contribution in [0.4, 0.5) is 10.1 Å². The van der Waals surface area contributed by atoms with Crippen molar-refractivity contribution in [2.24, 2.45) is 0 Å². The zero-order chi connectivity index (χ0) is 19.7. The number of anilines is 1. The quantitative estimate of drug-likeness (QED) is 0.529. The maximum atomic E-state index is 13.8. The Kier molecular flexibility index (Phi) is 5.04. The number of hydrogen-bond acceptors (Lipinski definition) is 5. The molecule has 2 N–H and O–H groups in total. The van der Waals surface area contributed by atoms with Crippen molar-refractivity contribution >= 4 is 23.4 Å². The number of fused-ring (bicyclic) bond motifs is 1. The van der Waals surface area contributed by atoms with Crippen LogP contribution in [-0.4, -0.2) is 32.6 Å². The normalized spacial score (nSPS) is 15.6. The molecular formula is C20H20FN5OS. The fraction of sp³-hybridized carbons (Fsp3) is 0.250. The molecule has 4 rings (SSSR count). The number of nitrogens with zero attached hydrogens (tertiary/aromatic N) is 4. The standard InChI is InChI=1S/C20H20FN5OS/c1-13-10-15-7-3-5-9-17(15)25(13)19(27)12-28-20-24-23-18(26(20)22)11-14-6-2-4-8-16(14)21/h2-9,13H,10-12,22H2,1H3. The highest BCUT2D eigenvalue weighted by molar-refractivity contribution is 7.99. The Bertz CT molecular complexity index is 1020. The fourth-order valence-corrected chi connectivity index (χ4v) is 4.21. The minimum atomic E-state index is -0.309. The summed E-state index contributed by atoms with van der Waals surface area (Å²) in [6.45, 7) is 2.04. The number of benzene rings is 2. The minimum Gasteiger partial charge on any atom is -0.336 e. The molecule has 3 aromatic rings. The van der Waals surface area contributed by atoms with E-state index in [-0.39, 0.29) is 29.9 Å². The Hall–Kier alpha value is -2.87. The van der Waals surface area contributed by atoms with Gasteiger partial charge < -0.3 is 10.7 Å². The van der Waals surface area contributed by atoms with Crippen LogP contribution in [0.1, 0.15) is 23.9 Å². The number of carbonyl (C=O) groups excluding carboxylic acids is 1. The predicted octanol–water partition coefficient (Wildman–Crippen LogP) is 2.79. The maximum absolute atomic E-state index is 13.8. The predicted molar refractivity (Wildman–Crippen MR) is 107 cm³/mol. The first kappa shape index (κ1) is 18.5. The smallest absolute Gasteiger partial charge is 0.237 e. The SMILES string of the molecule is CC1Cc2ccccc2N1C(=O)CSc1nnc(Cc2ccccc2F)n1N. The molecule has 0 aliphatic carbocycles. The molecule has 1 aromatic heterocycles. The van der Waals surface area contributed by atoms with Crippen molar-refractivity contribution in [2.75, 3.05) is 16.5 Å². The lowest BCUT2D eigenvalue weighted by atomic mass is 10.1. The molecule has 8 heteroatoms. The van der Waals surface area contributed by atoms with Crippen LogP contribution < -0.4 is 10.7 Å². The largest absolute Gasteiger partial charge is 0.336 e. The van der Waals surface area contributed by atoms with E-state index in [9.17, 15) is 9.18 Å². The second-order valence-electron chi connectivity index (χ2n) is 6.77. The van der Waals surface area contributed by atoms with Crippen LogP contribution in [0.15, 0.2) is 53.7 Å². The van der Waals surface area contributed by atoms with Gasteiger partial charge in [-0.2, -0.15) is 0 Å². The molecule has 1 atom stereocenters. The molecule has 2 aromatic carbocycles. The summed E-state index contributed by atoms with van der Waals surface area (Å²) < 4.78 is 15.2. The number of aromatic nitrogens is 3. The molecule has 1 unspecified atom stereocenters. The number of carbonyl (C=O) groups is 1. The lowest BCUT2D eigenvalue weighted by molar-refractivity contribution is -0.116. The summed E-state index contributed by atoms with van der Waals surface area (Å²) in [5, 5.41) is 8.55. The van der Waals surface area contributed by atoms with Gasteiger partial charge in [0, 0.05) is 18.2 Å². The molecule has 0 saturated carbocycles. The summed E-state index contributed by atoms with van der Waals surface area (Å²) in [7, 11) is 0. The van der Waals surface area contributed by atoms with Crippen LogP contribution in [0.3, 0.4) is 0 Å². The molecule has 0 bridgehead atoms. The molecule has 0 radical (unpaired) electrons. The lowest BCUT2D eigenvalue weighted by Crippen LogP contribution is -2.37. The Labute approximate surface area is 166 Å². The van der Waals surface area contributed by atoms with E-state index in [1.807, 2.05) is 30.0 Å². The summed E-state index contributed by atoms with van der Waals surface area (Å²) in [5.41, 5.74) is 2.65. The lowest BCUT2D eigenvalue weighted by Gasteiger charge is -2.22. The first-order chi connectivity index (χ1) is 13.5. The number of thioether (sulfide) groups is 1. The van der Waals surface area contributed by atoms with Crippen molar-refractivity contribution in [3.8, 4) is 0 Å². The van der Waals surface area contributed by atoms with Crippen LogP contribution in [0.25, 0.3) is 0 Å². The number of halogens is 1. The van der Waals surface area contributed by atoms with E-state index in [1.54, 1.807) is 18.2 Å². The molecule has 1 amide bonds. The van der Waals surface area contributed by atoms with Gasteiger partial charge in [0.1, 0.15) is 5.82 Å². The van der Waals surface area contributed by atoms with Gasteiger partial charge >= 0.3 is 0 Å². The number of rotatable bonds is 5. The Balaban J connectivity index is 1.44. The van der Waals surface area contributed by atoms with Crippen LogP contribution in [0, 0.1) is 5.82 Å². The highest BCUT2D eigenvalue weighted by Crippen LogP contribution is 2.32. The van der Waals surface area contributed by atoms with Crippen molar-refractivity contribution in [2.45, 2.75) is 31.0 Å². The summed E-state index contributed by atoms with van der Waals surface area (Å²) in [5.74, 6) is 6.41. The first-order valence-electron chi connectivity index (χ1n) is 9.00. The van der Waals surface area contributed by atoms with Crippen molar-refractivity contribution in [1.29, 1.82) is 0 Å². The topological polar surface area (TPSA) is 77.0 Å². The number of para-hydroxylation sites is 1. The van der Waals surface area contributed by atoms with Gasteiger partial charge in [0.05, 0.1) is 5.75 Å². The number of hydrogen-bond donors (Lipinski definition) is 1. The van der Waals surface area contributed by atoms with E-state index >= 15 is 0 Å². The Morgan fingerprint density at radius 2 is 1.96 bits per heavy atom. The monoisotopic (exact) mass is 397 g/mol. The number of amides is 1. The van der Waals surface area contributed by atoms with Crippen LogP contribution in [0.5, 0.6) is 0 Å². The van der Waals surface area contributed by atoms with Gasteiger partial charge in [-0.3, -0.25) is 4.79 Å². The second-order valence-corrected chi connectivity index (χ2v) is 7.71. The minimum absolute atomic E-state index is 0.00102. The van der Waals surface area contributed by atoms with E-state index in [2.05, 4.69) is 16.3 Å². The summed E-state index contributed by atoms with van der Waals surface area (Å²) >= 11 is 1.23. The van der Waals surface area contributed by atoms with Gasteiger partial charge in [0.15, 0.2) is 5.82 Å². The van der Waals surface area contributed by atoms with E-state index in [4.69, 9.17) is 5.84 Å². The van der Waals surface area contributed by atoms with E-state index < -0.39 is 0 Å². The first-order valence-corrected chi connectivity index (χ1v) is 9.98. The molecule has 6 nitrogen and oxygen atoms in total.